The molecule has 0 saturated heterocycles. The second-order valence-electron chi connectivity index (χ2n) is 4.85. The summed E-state index contributed by atoms with van der Waals surface area (Å²) in [5.41, 5.74) is -0.137. The van der Waals surface area contributed by atoms with E-state index in [0.717, 1.165) is 24.3 Å². The van der Waals surface area contributed by atoms with Crippen LogP contribution in [0.1, 0.15) is 11.1 Å². The summed E-state index contributed by atoms with van der Waals surface area (Å²) in [6, 6.07) is 8.29. The zero-order chi connectivity index (χ0) is 17.7. The van der Waals surface area contributed by atoms with Crippen molar-refractivity contribution in [3.8, 4) is 11.5 Å². The van der Waals surface area contributed by atoms with Crippen molar-refractivity contribution < 1.29 is 27.8 Å². The van der Waals surface area contributed by atoms with E-state index in [1.807, 2.05) is 0 Å². The first kappa shape index (κ1) is 17.5. The average Bonchev–Trinajstić information content (AvgIpc) is 2.53. The number of urea groups is 1. The molecular formula is C16H15F3N2O3. The van der Waals surface area contributed by atoms with Crippen LogP contribution in [0.3, 0.4) is 0 Å². The molecule has 0 aliphatic carbocycles. The highest BCUT2D eigenvalue weighted by molar-refractivity contribution is 5.89. The number of ether oxygens (including phenoxy) is 1. The summed E-state index contributed by atoms with van der Waals surface area (Å²) in [4.78, 5) is 11.8. The van der Waals surface area contributed by atoms with Gasteiger partial charge in [-0.05, 0) is 30.3 Å². The third-order valence-corrected chi connectivity index (χ3v) is 3.21. The first-order chi connectivity index (χ1) is 11.3. The Bertz CT molecular complexity index is 715. The zero-order valence-corrected chi connectivity index (χ0v) is 12.6. The van der Waals surface area contributed by atoms with Gasteiger partial charge >= 0.3 is 12.2 Å². The van der Waals surface area contributed by atoms with Gasteiger partial charge in [0, 0.05) is 17.8 Å². The van der Waals surface area contributed by atoms with Gasteiger partial charge in [-0.1, -0.05) is 12.1 Å². The van der Waals surface area contributed by atoms with Gasteiger partial charge in [-0.2, -0.15) is 13.2 Å². The Morgan fingerprint density at radius 1 is 1.17 bits per heavy atom. The fourth-order valence-corrected chi connectivity index (χ4v) is 1.97. The van der Waals surface area contributed by atoms with Crippen molar-refractivity contribution in [1.82, 2.24) is 5.32 Å². The average molecular weight is 340 g/mol. The van der Waals surface area contributed by atoms with Crippen LogP contribution < -0.4 is 15.4 Å². The molecule has 0 aromatic heterocycles. The van der Waals surface area contributed by atoms with Gasteiger partial charge in [0.25, 0.3) is 0 Å². The van der Waals surface area contributed by atoms with Crippen molar-refractivity contribution in [3.05, 3.63) is 53.6 Å². The lowest BCUT2D eigenvalue weighted by Crippen LogP contribution is -2.28. The van der Waals surface area contributed by atoms with Crippen LogP contribution in [-0.2, 0) is 12.7 Å². The Morgan fingerprint density at radius 2 is 1.83 bits per heavy atom. The summed E-state index contributed by atoms with van der Waals surface area (Å²) in [6.45, 7) is 0.0233. The monoisotopic (exact) mass is 340 g/mol. The van der Waals surface area contributed by atoms with E-state index in [1.165, 1.54) is 7.11 Å². The molecule has 2 rings (SSSR count). The molecule has 0 atom stereocenters. The maximum Gasteiger partial charge on any atom is 0.416 e. The highest BCUT2D eigenvalue weighted by atomic mass is 19.4. The molecule has 24 heavy (non-hydrogen) atoms. The lowest BCUT2D eigenvalue weighted by Gasteiger charge is -2.11. The molecule has 0 spiro atoms. The molecule has 0 aliphatic rings. The van der Waals surface area contributed by atoms with Crippen molar-refractivity contribution in [2.45, 2.75) is 12.7 Å². The molecule has 0 unspecified atom stereocenters. The minimum Gasteiger partial charge on any atom is -0.504 e. The number of carbonyl (C=O) groups excluding carboxylic acids is 1. The van der Waals surface area contributed by atoms with E-state index in [4.69, 9.17) is 4.74 Å². The number of benzene rings is 2. The number of halogens is 3. The normalized spacial score (nSPS) is 11.0. The summed E-state index contributed by atoms with van der Waals surface area (Å²) in [5.74, 6) is 0.187. The first-order valence-electron chi connectivity index (χ1n) is 6.88. The predicted molar refractivity (Wildman–Crippen MR) is 82.0 cm³/mol. The SMILES string of the molecule is COc1cccc(CNC(=O)Nc2ccc(C(F)(F)F)cc2)c1O. The molecule has 3 N–H and O–H groups in total. The number of anilines is 1. The molecule has 128 valence electrons. The quantitative estimate of drug-likeness (QED) is 0.794. The maximum atomic E-state index is 12.5. The van der Waals surface area contributed by atoms with Crippen LogP contribution in [-0.4, -0.2) is 18.2 Å². The van der Waals surface area contributed by atoms with E-state index >= 15 is 0 Å². The second-order valence-corrected chi connectivity index (χ2v) is 4.85. The second kappa shape index (κ2) is 7.12. The number of alkyl halides is 3. The van der Waals surface area contributed by atoms with Crippen LogP contribution in [0.4, 0.5) is 23.7 Å². The van der Waals surface area contributed by atoms with Crippen LogP contribution in [0.2, 0.25) is 0 Å². The van der Waals surface area contributed by atoms with E-state index < -0.39 is 17.8 Å². The van der Waals surface area contributed by atoms with Gasteiger partial charge in [0.1, 0.15) is 0 Å². The topological polar surface area (TPSA) is 70.6 Å². The van der Waals surface area contributed by atoms with Gasteiger partial charge in [0.15, 0.2) is 11.5 Å². The molecule has 8 heteroatoms. The Hall–Kier alpha value is -2.90. The fourth-order valence-electron chi connectivity index (χ4n) is 1.97. The standard InChI is InChI=1S/C16H15F3N2O3/c1-24-13-4-2-3-10(14(13)22)9-20-15(23)21-12-7-5-11(6-8-12)16(17,18)19/h2-8,22H,9H2,1H3,(H2,20,21,23). The van der Waals surface area contributed by atoms with Gasteiger partial charge < -0.3 is 20.5 Å². The number of amides is 2. The largest absolute Gasteiger partial charge is 0.504 e. The number of para-hydroxylation sites is 1. The summed E-state index contributed by atoms with van der Waals surface area (Å²) < 4.78 is 42.3. The minimum absolute atomic E-state index is 0.0233. The number of aromatic hydroxyl groups is 1. The molecule has 5 nitrogen and oxygen atoms in total. The highest BCUT2D eigenvalue weighted by Crippen LogP contribution is 2.30. The Morgan fingerprint density at radius 3 is 2.42 bits per heavy atom. The third kappa shape index (κ3) is 4.31. The molecule has 0 radical (unpaired) electrons. The van der Waals surface area contributed by atoms with Crippen LogP contribution >= 0.6 is 0 Å². The van der Waals surface area contributed by atoms with Gasteiger partial charge in [0.2, 0.25) is 0 Å². The Labute approximate surface area is 136 Å². The summed E-state index contributed by atoms with van der Waals surface area (Å²) in [7, 11) is 1.41. The molecule has 0 fully saturated rings. The minimum atomic E-state index is -4.43. The fraction of sp³-hybridized carbons (Fsp3) is 0.188. The van der Waals surface area contributed by atoms with E-state index in [-0.39, 0.29) is 23.7 Å². The molecule has 2 aromatic rings. The van der Waals surface area contributed by atoms with Crippen LogP contribution in [0.15, 0.2) is 42.5 Å². The van der Waals surface area contributed by atoms with Gasteiger partial charge in [0.05, 0.1) is 12.7 Å². The maximum absolute atomic E-state index is 12.5. The first-order valence-corrected chi connectivity index (χ1v) is 6.88. The number of hydrogen-bond donors (Lipinski definition) is 3. The summed E-state index contributed by atoms with van der Waals surface area (Å²) >= 11 is 0. The molecule has 0 aliphatic heterocycles. The van der Waals surface area contributed by atoms with Crippen LogP contribution in [0.5, 0.6) is 11.5 Å². The summed E-state index contributed by atoms with van der Waals surface area (Å²) in [6.07, 6.45) is -4.43. The van der Waals surface area contributed by atoms with Crippen molar-refractivity contribution in [1.29, 1.82) is 0 Å². The number of methoxy groups -OCH3 is 1. The van der Waals surface area contributed by atoms with Gasteiger partial charge in [-0.15, -0.1) is 0 Å². The number of rotatable bonds is 4. The Kier molecular flexibility index (Phi) is 5.18. The number of phenols is 1. The molecule has 0 heterocycles. The molecular weight excluding hydrogens is 325 g/mol. The zero-order valence-electron chi connectivity index (χ0n) is 12.6. The van der Waals surface area contributed by atoms with Crippen molar-refractivity contribution in [2.24, 2.45) is 0 Å². The third-order valence-electron chi connectivity index (χ3n) is 3.21. The van der Waals surface area contributed by atoms with Crippen LogP contribution in [0.25, 0.3) is 0 Å². The molecule has 0 bridgehead atoms. The Balaban J connectivity index is 1.94. The predicted octanol–water partition coefficient (Wildman–Crippen LogP) is 3.74. The smallest absolute Gasteiger partial charge is 0.416 e. The molecule has 0 saturated carbocycles. The number of nitrogens with one attached hydrogen (secondary N) is 2. The van der Waals surface area contributed by atoms with E-state index in [2.05, 4.69) is 10.6 Å². The van der Waals surface area contributed by atoms with Gasteiger partial charge in [-0.25, -0.2) is 4.79 Å². The highest BCUT2D eigenvalue weighted by Gasteiger charge is 2.29. The van der Waals surface area contributed by atoms with E-state index in [0.29, 0.717) is 5.56 Å². The summed E-state index contributed by atoms with van der Waals surface area (Å²) in [5, 5.41) is 14.8. The number of carbonyl (C=O) groups is 1. The van der Waals surface area contributed by atoms with Gasteiger partial charge in [-0.3, -0.25) is 0 Å². The van der Waals surface area contributed by atoms with Crippen molar-refractivity contribution in [2.75, 3.05) is 12.4 Å². The van der Waals surface area contributed by atoms with Crippen molar-refractivity contribution in [3.63, 3.8) is 0 Å². The van der Waals surface area contributed by atoms with E-state index in [1.54, 1.807) is 18.2 Å². The molecule has 2 aromatic carbocycles. The lowest BCUT2D eigenvalue weighted by molar-refractivity contribution is -0.137. The molecule has 2 amide bonds. The van der Waals surface area contributed by atoms with Crippen molar-refractivity contribution >= 4 is 11.7 Å². The van der Waals surface area contributed by atoms with E-state index in [9.17, 15) is 23.1 Å². The number of phenolic OH excluding ortho intramolecular Hbond substituents is 1. The number of hydrogen-bond acceptors (Lipinski definition) is 3. The van der Waals surface area contributed by atoms with Crippen LogP contribution in [0, 0.1) is 0 Å². The lowest BCUT2D eigenvalue weighted by atomic mass is 10.2.